The van der Waals surface area contributed by atoms with Crippen LogP contribution < -0.4 is 5.69 Å². The Balaban J connectivity index is 2.73. The molecule has 0 saturated heterocycles. The SMILES string of the molecule is C#Cc1ccc2[nH]c(=O)n(C(CC)CC)c2n1. The number of aromatic nitrogens is 3. The Morgan fingerprint density at radius 1 is 1.47 bits per heavy atom. The monoisotopic (exact) mass is 229 g/mol. The average molecular weight is 229 g/mol. The number of H-pyrrole nitrogens is 1. The lowest BCUT2D eigenvalue weighted by atomic mass is 10.2. The second kappa shape index (κ2) is 4.46. The Kier molecular flexibility index (Phi) is 3.01. The number of nitrogens with zero attached hydrogens (tertiary/aromatic N) is 2. The van der Waals surface area contributed by atoms with E-state index in [2.05, 4.69) is 29.7 Å². The van der Waals surface area contributed by atoms with Crippen LogP contribution in [0.2, 0.25) is 0 Å². The minimum absolute atomic E-state index is 0.115. The molecule has 0 saturated carbocycles. The standard InChI is InChI=1S/C13H15N3O/c1-4-9-7-8-11-12(14-9)16(13(17)15-11)10(5-2)6-3/h1,7-8,10H,5-6H2,2-3H3,(H,15,17). The van der Waals surface area contributed by atoms with Gasteiger partial charge in [0.15, 0.2) is 5.65 Å². The summed E-state index contributed by atoms with van der Waals surface area (Å²) >= 11 is 0. The van der Waals surface area contributed by atoms with E-state index < -0.39 is 0 Å². The van der Waals surface area contributed by atoms with E-state index in [4.69, 9.17) is 6.42 Å². The van der Waals surface area contributed by atoms with Gasteiger partial charge in [0, 0.05) is 6.04 Å². The van der Waals surface area contributed by atoms with E-state index in [9.17, 15) is 4.79 Å². The van der Waals surface area contributed by atoms with Crippen molar-refractivity contribution >= 4 is 11.2 Å². The molecule has 0 aliphatic rings. The first kappa shape index (κ1) is 11.5. The Labute approximate surface area is 99.7 Å². The maximum atomic E-state index is 11.9. The quantitative estimate of drug-likeness (QED) is 0.819. The predicted molar refractivity (Wildman–Crippen MR) is 67.9 cm³/mol. The molecule has 2 aromatic rings. The molecule has 0 atom stereocenters. The number of pyridine rings is 1. The van der Waals surface area contributed by atoms with Crippen LogP contribution in [-0.2, 0) is 0 Å². The van der Waals surface area contributed by atoms with Crippen molar-refractivity contribution in [3.8, 4) is 12.3 Å². The number of hydrogen-bond donors (Lipinski definition) is 1. The van der Waals surface area contributed by atoms with E-state index in [-0.39, 0.29) is 11.7 Å². The number of terminal acetylenes is 1. The highest BCUT2D eigenvalue weighted by Crippen LogP contribution is 2.18. The topological polar surface area (TPSA) is 50.7 Å². The zero-order valence-electron chi connectivity index (χ0n) is 10.0. The maximum absolute atomic E-state index is 11.9. The van der Waals surface area contributed by atoms with Crippen LogP contribution in [0, 0.1) is 12.3 Å². The molecular weight excluding hydrogens is 214 g/mol. The first-order chi connectivity index (χ1) is 8.21. The third-order valence-electron chi connectivity index (χ3n) is 3.02. The van der Waals surface area contributed by atoms with Crippen LogP contribution in [0.15, 0.2) is 16.9 Å². The van der Waals surface area contributed by atoms with Crippen molar-refractivity contribution in [2.24, 2.45) is 0 Å². The molecule has 4 heteroatoms. The fourth-order valence-electron chi connectivity index (χ4n) is 2.07. The fraction of sp³-hybridized carbons (Fsp3) is 0.385. The number of imidazole rings is 1. The molecule has 1 N–H and O–H groups in total. The van der Waals surface area contributed by atoms with Gasteiger partial charge in [-0.2, -0.15) is 0 Å². The number of rotatable bonds is 3. The molecule has 0 radical (unpaired) electrons. The molecule has 0 aliphatic heterocycles. The molecule has 2 aromatic heterocycles. The van der Waals surface area contributed by atoms with Gasteiger partial charge in [-0.25, -0.2) is 9.78 Å². The highest BCUT2D eigenvalue weighted by atomic mass is 16.1. The lowest BCUT2D eigenvalue weighted by Crippen LogP contribution is -2.21. The summed E-state index contributed by atoms with van der Waals surface area (Å²) in [5, 5.41) is 0. The van der Waals surface area contributed by atoms with Crippen LogP contribution in [0.3, 0.4) is 0 Å². The second-order valence-electron chi connectivity index (χ2n) is 3.98. The summed E-state index contributed by atoms with van der Waals surface area (Å²) in [6.07, 6.45) is 7.12. The Hall–Kier alpha value is -2.02. The molecular formula is C13H15N3O. The third-order valence-corrected chi connectivity index (χ3v) is 3.02. The molecule has 2 heterocycles. The lowest BCUT2D eigenvalue weighted by molar-refractivity contribution is 0.469. The summed E-state index contributed by atoms with van der Waals surface area (Å²) < 4.78 is 1.70. The zero-order valence-corrected chi connectivity index (χ0v) is 10.0. The summed E-state index contributed by atoms with van der Waals surface area (Å²) in [4.78, 5) is 19.0. The van der Waals surface area contributed by atoms with Crippen molar-refractivity contribution in [2.45, 2.75) is 32.7 Å². The first-order valence-electron chi connectivity index (χ1n) is 5.79. The summed E-state index contributed by atoms with van der Waals surface area (Å²) in [5.74, 6) is 2.49. The van der Waals surface area contributed by atoms with Crippen molar-refractivity contribution in [1.82, 2.24) is 14.5 Å². The van der Waals surface area contributed by atoms with E-state index in [0.29, 0.717) is 11.3 Å². The molecule has 17 heavy (non-hydrogen) atoms. The van der Waals surface area contributed by atoms with Crippen LogP contribution in [0.4, 0.5) is 0 Å². The molecule has 0 amide bonds. The molecule has 2 rings (SSSR count). The zero-order chi connectivity index (χ0) is 12.4. The minimum atomic E-state index is -0.115. The summed E-state index contributed by atoms with van der Waals surface area (Å²) in [7, 11) is 0. The summed E-state index contributed by atoms with van der Waals surface area (Å²) in [5.41, 5.74) is 1.83. The van der Waals surface area contributed by atoms with Gasteiger partial charge in [0.2, 0.25) is 0 Å². The Morgan fingerprint density at radius 2 is 2.18 bits per heavy atom. The number of hydrogen-bond acceptors (Lipinski definition) is 2. The van der Waals surface area contributed by atoms with Gasteiger partial charge < -0.3 is 4.98 Å². The summed E-state index contributed by atoms with van der Waals surface area (Å²) in [6.45, 7) is 4.12. The molecule has 0 aliphatic carbocycles. The predicted octanol–water partition coefficient (Wildman–Crippen LogP) is 2.07. The minimum Gasteiger partial charge on any atom is -0.304 e. The average Bonchev–Trinajstić information content (AvgIpc) is 2.67. The van der Waals surface area contributed by atoms with E-state index >= 15 is 0 Å². The van der Waals surface area contributed by atoms with Crippen LogP contribution in [0.5, 0.6) is 0 Å². The number of fused-ring (bicyclic) bond motifs is 1. The molecule has 88 valence electrons. The second-order valence-corrected chi connectivity index (χ2v) is 3.98. The van der Waals surface area contributed by atoms with Gasteiger partial charge in [-0.05, 0) is 25.0 Å². The highest BCUT2D eigenvalue weighted by Gasteiger charge is 2.15. The lowest BCUT2D eigenvalue weighted by Gasteiger charge is -2.13. The fourth-order valence-corrected chi connectivity index (χ4v) is 2.07. The van der Waals surface area contributed by atoms with Gasteiger partial charge in [0.05, 0.1) is 5.52 Å². The normalized spacial score (nSPS) is 10.9. The summed E-state index contributed by atoms with van der Waals surface area (Å²) in [6, 6.07) is 3.70. The van der Waals surface area contributed by atoms with Crippen LogP contribution in [0.1, 0.15) is 38.4 Å². The van der Waals surface area contributed by atoms with Crippen molar-refractivity contribution < 1.29 is 0 Å². The molecule has 0 aromatic carbocycles. The Morgan fingerprint density at radius 3 is 2.76 bits per heavy atom. The van der Waals surface area contributed by atoms with Crippen molar-refractivity contribution in [3.05, 3.63) is 28.3 Å². The van der Waals surface area contributed by atoms with Crippen molar-refractivity contribution in [2.75, 3.05) is 0 Å². The van der Waals surface area contributed by atoms with Crippen molar-refractivity contribution in [3.63, 3.8) is 0 Å². The molecule has 0 fully saturated rings. The molecule has 0 bridgehead atoms. The third kappa shape index (κ3) is 1.84. The number of nitrogens with one attached hydrogen (secondary N) is 1. The van der Waals surface area contributed by atoms with Gasteiger partial charge in [0.25, 0.3) is 0 Å². The largest absolute Gasteiger partial charge is 0.327 e. The van der Waals surface area contributed by atoms with E-state index in [1.165, 1.54) is 0 Å². The maximum Gasteiger partial charge on any atom is 0.327 e. The molecule has 0 spiro atoms. The van der Waals surface area contributed by atoms with E-state index in [1.54, 1.807) is 16.7 Å². The van der Waals surface area contributed by atoms with E-state index in [1.807, 2.05) is 0 Å². The van der Waals surface area contributed by atoms with Gasteiger partial charge in [-0.3, -0.25) is 4.57 Å². The van der Waals surface area contributed by atoms with Gasteiger partial charge >= 0.3 is 5.69 Å². The Bertz CT molecular complexity index is 626. The van der Waals surface area contributed by atoms with Gasteiger partial charge in [0.1, 0.15) is 5.69 Å². The van der Waals surface area contributed by atoms with Gasteiger partial charge in [-0.1, -0.05) is 19.8 Å². The van der Waals surface area contributed by atoms with Gasteiger partial charge in [-0.15, -0.1) is 6.42 Å². The van der Waals surface area contributed by atoms with Crippen molar-refractivity contribution in [1.29, 1.82) is 0 Å². The molecule has 4 nitrogen and oxygen atoms in total. The van der Waals surface area contributed by atoms with Crippen LogP contribution in [-0.4, -0.2) is 14.5 Å². The smallest absolute Gasteiger partial charge is 0.304 e. The van der Waals surface area contributed by atoms with Crippen LogP contribution >= 0.6 is 0 Å². The molecule has 0 unspecified atom stereocenters. The number of aromatic amines is 1. The first-order valence-corrected chi connectivity index (χ1v) is 5.79. The highest BCUT2D eigenvalue weighted by molar-refractivity contribution is 5.71. The van der Waals surface area contributed by atoms with Crippen LogP contribution in [0.25, 0.3) is 11.2 Å². The van der Waals surface area contributed by atoms with E-state index in [0.717, 1.165) is 18.4 Å².